The van der Waals surface area contributed by atoms with Crippen LogP contribution in [0.2, 0.25) is 0 Å². The third-order valence-corrected chi connectivity index (χ3v) is 6.79. The molecular weight excluding hydrogens is 388 g/mol. The van der Waals surface area contributed by atoms with Crippen LogP contribution in [0.5, 0.6) is 0 Å². The number of fused-ring (bicyclic) bond motifs is 2. The number of aromatic nitrogens is 5. The molecule has 29 heavy (non-hydrogen) atoms. The molecule has 150 valence electrons. The van der Waals surface area contributed by atoms with Crippen LogP contribution in [-0.4, -0.2) is 42.7 Å². The molecule has 0 radical (unpaired) electrons. The van der Waals surface area contributed by atoms with E-state index in [0.717, 1.165) is 48.6 Å². The van der Waals surface area contributed by atoms with Crippen LogP contribution in [0.3, 0.4) is 0 Å². The smallest absolute Gasteiger partial charge is 0.267 e. The van der Waals surface area contributed by atoms with Crippen molar-refractivity contribution in [1.82, 2.24) is 24.3 Å². The molecule has 0 aliphatic carbocycles. The molecule has 3 aromatic rings. The quantitative estimate of drug-likeness (QED) is 0.644. The van der Waals surface area contributed by atoms with Crippen molar-refractivity contribution in [2.45, 2.75) is 37.6 Å². The van der Waals surface area contributed by atoms with Crippen LogP contribution in [0.25, 0.3) is 10.9 Å². The molecule has 0 aromatic carbocycles. The van der Waals surface area contributed by atoms with Crippen LogP contribution < -0.4 is 16.0 Å². The molecule has 0 bridgehead atoms. The average Bonchev–Trinajstić information content (AvgIpc) is 3.19. The zero-order valence-corrected chi connectivity index (χ0v) is 17.1. The summed E-state index contributed by atoms with van der Waals surface area (Å²) in [6.07, 6.45) is 6.06. The molecule has 0 spiro atoms. The zero-order valence-electron chi connectivity index (χ0n) is 16.2. The third kappa shape index (κ3) is 3.23. The Labute approximate surface area is 171 Å². The second-order valence-corrected chi connectivity index (χ2v) is 8.70. The predicted molar refractivity (Wildman–Crippen MR) is 114 cm³/mol. The summed E-state index contributed by atoms with van der Waals surface area (Å²) in [7, 11) is 1.75. The van der Waals surface area contributed by atoms with Crippen LogP contribution in [0, 0.1) is 0 Å². The lowest BCUT2D eigenvalue weighted by Crippen LogP contribution is -2.40. The topological polar surface area (TPSA) is 85.9 Å². The zero-order chi connectivity index (χ0) is 20.0. The third-order valence-electron chi connectivity index (χ3n) is 5.78. The minimum atomic E-state index is -0.0837. The maximum absolute atomic E-state index is 12.8. The van der Waals surface area contributed by atoms with E-state index < -0.39 is 0 Å². The first-order valence-corrected chi connectivity index (χ1v) is 11.0. The van der Waals surface area contributed by atoms with E-state index in [0.29, 0.717) is 23.4 Å². The van der Waals surface area contributed by atoms with Gasteiger partial charge in [-0.15, -0.1) is 0 Å². The maximum atomic E-state index is 12.8. The number of thioether (sulfide) groups is 1. The molecule has 2 aliphatic heterocycles. The summed E-state index contributed by atoms with van der Waals surface area (Å²) in [4.78, 5) is 36.4. The second kappa shape index (κ2) is 7.29. The Morgan fingerprint density at radius 1 is 1.31 bits per heavy atom. The molecule has 5 rings (SSSR count). The van der Waals surface area contributed by atoms with E-state index >= 15 is 0 Å². The minimum absolute atomic E-state index is 0.0531. The van der Waals surface area contributed by atoms with E-state index in [9.17, 15) is 9.59 Å². The van der Waals surface area contributed by atoms with Crippen LogP contribution in [-0.2, 0) is 25.8 Å². The number of hydrogen-bond donors (Lipinski definition) is 0. The van der Waals surface area contributed by atoms with Crippen LogP contribution in [0.15, 0.2) is 34.1 Å². The molecular formula is C20H22N6O2S. The summed E-state index contributed by atoms with van der Waals surface area (Å²) in [5, 5.41) is 5.22. The summed E-state index contributed by atoms with van der Waals surface area (Å²) in [5.74, 6) is 2.54. The maximum Gasteiger partial charge on any atom is 0.267 e. The number of hydrogen-bond acceptors (Lipinski definition) is 7. The van der Waals surface area contributed by atoms with Crippen molar-refractivity contribution in [1.29, 1.82) is 0 Å². The van der Waals surface area contributed by atoms with E-state index in [4.69, 9.17) is 4.98 Å². The minimum Gasteiger partial charge on any atom is -0.337 e. The molecule has 8 nitrogen and oxygen atoms in total. The fraction of sp³-hybridized carbons (Fsp3) is 0.450. The second-order valence-electron chi connectivity index (χ2n) is 7.60. The summed E-state index contributed by atoms with van der Waals surface area (Å²) >= 11 is 1.84. The van der Waals surface area contributed by atoms with Gasteiger partial charge in [-0.1, -0.05) is 0 Å². The molecule has 1 fully saturated rings. The molecule has 0 saturated carbocycles. The van der Waals surface area contributed by atoms with Crippen LogP contribution in [0.4, 0.5) is 5.95 Å². The summed E-state index contributed by atoms with van der Waals surface area (Å²) in [6, 6.07) is 3.51. The highest BCUT2D eigenvalue weighted by Crippen LogP contribution is 2.25. The van der Waals surface area contributed by atoms with E-state index in [1.807, 2.05) is 11.8 Å². The molecule has 1 unspecified atom stereocenters. The van der Waals surface area contributed by atoms with Gasteiger partial charge >= 0.3 is 0 Å². The Balaban J connectivity index is 1.50. The van der Waals surface area contributed by atoms with Gasteiger partial charge in [-0.25, -0.2) is 9.67 Å². The number of nitrogens with zero attached hydrogens (tertiary/aromatic N) is 6. The summed E-state index contributed by atoms with van der Waals surface area (Å²) in [6.45, 7) is 1.30. The first-order valence-electron chi connectivity index (χ1n) is 9.87. The Kier molecular flexibility index (Phi) is 4.61. The number of pyridine rings is 1. The van der Waals surface area contributed by atoms with Gasteiger partial charge in [0, 0.05) is 38.0 Å². The van der Waals surface area contributed by atoms with Gasteiger partial charge in [0.2, 0.25) is 5.95 Å². The van der Waals surface area contributed by atoms with Gasteiger partial charge in [0.15, 0.2) is 0 Å². The van der Waals surface area contributed by atoms with Crippen LogP contribution in [0.1, 0.15) is 24.1 Å². The monoisotopic (exact) mass is 410 g/mol. The van der Waals surface area contributed by atoms with Gasteiger partial charge in [0.25, 0.3) is 11.1 Å². The molecule has 9 heteroatoms. The Morgan fingerprint density at radius 2 is 2.21 bits per heavy atom. The highest BCUT2D eigenvalue weighted by atomic mass is 32.2. The predicted octanol–water partition coefficient (Wildman–Crippen LogP) is 1.34. The molecule has 0 amide bonds. The normalized spacial score (nSPS) is 18.9. The van der Waals surface area contributed by atoms with Gasteiger partial charge in [-0.2, -0.15) is 16.9 Å². The number of aryl methyl sites for hydroxylation is 1. The fourth-order valence-electron chi connectivity index (χ4n) is 4.24. The highest BCUT2D eigenvalue weighted by Gasteiger charge is 2.29. The molecule has 1 atom stereocenters. The van der Waals surface area contributed by atoms with Gasteiger partial charge < -0.3 is 4.90 Å². The molecule has 1 saturated heterocycles. The molecule has 0 N–H and O–H groups in total. The average molecular weight is 411 g/mol. The van der Waals surface area contributed by atoms with Crippen molar-refractivity contribution in [3.8, 4) is 0 Å². The van der Waals surface area contributed by atoms with E-state index in [1.54, 1.807) is 40.8 Å². The van der Waals surface area contributed by atoms with Gasteiger partial charge in [0.05, 0.1) is 35.4 Å². The standard InChI is InChI=1S/C20H22N6O2S/c1-24-19(28)15-4-6-21-10-17(15)22-20(24)25-7-2-3-14(25)11-26-18(27)9-13-12-29-8-5-16(13)23-26/h4,6,9-10,14H,2-3,5,7-8,11-12H2,1H3. The molecule has 2 aliphatic rings. The SMILES string of the molecule is Cn1c(N2CCCC2Cn2nc3c(cc2=O)CSCC3)nc2cnccc2c1=O. The molecule has 3 aromatic heterocycles. The first kappa shape index (κ1) is 18.4. The lowest BCUT2D eigenvalue weighted by atomic mass is 10.2. The highest BCUT2D eigenvalue weighted by molar-refractivity contribution is 7.98. The number of anilines is 1. The Morgan fingerprint density at radius 3 is 3.10 bits per heavy atom. The van der Waals surface area contributed by atoms with Gasteiger partial charge in [-0.05, 0) is 30.2 Å². The van der Waals surface area contributed by atoms with Gasteiger partial charge in [-0.3, -0.25) is 19.1 Å². The number of rotatable bonds is 3. The van der Waals surface area contributed by atoms with Gasteiger partial charge in [0.1, 0.15) is 0 Å². The van der Waals surface area contributed by atoms with Crippen molar-refractivity contribution in [2.24, 2.45) is 7.05 Å². The van der Waals surface area contributed by atoms with E-state index in [-0.39, 0.29) is 17.2 Å². The first-order chi connectivity index (χ1) is 14.1. The Bertz CT molecular complexity index is 1200. The lowest BCUT2D eigenvalue weighted by Gasteiger charge is -2.27. The van der Waals surface area contributed by atoms with Crippen LogP contribution >= 0.6 is 11.8 Å². The van der Waals surface area contributed by atoms with E-state index in [2.05, 4.69) is 15.0 Å². The summed E-state index contributed by atoms with van der Waals surface area (Å²) < 4.78 is 3.19. The van der Waals surface area contributed by atoms with Crippen molar-refractivity contribution in [3.63, 3.8) is 0 Å². The molecule has 5 heterocycles. The largest absolute Gasteiger partial charge is 0.337 e. The van der Waals surface area contributed by atoms with Crippen molar-refractivity contribution in [3.05, 3.63) is 56.5 Å². The fourth-order valence-corrected chi connectivity index (χ4v) is 5.19. The lowest BCUT2D eigenvalue weighted by molar-refractivity contribution is 0.475. The van der Waals surface area contributed by atoms with Crippen molar-refractivity contribution >= 4 is 28.6 Å². The Hall–Kier alpha value is -2.68. The van der Waals surface area contributed by atoms with Crippen molar-refractivity contribution < 1.29 is 0 Å². The van der Waals surface area contributed by atoms with Crippen molar-refractivity contribution in [2.75, 3.05) is 17.2 Å². The van der Waals surface area contributed by atoms with E-state index in [1.165, 1.54) is 0 Å². The summed E-state index contributed by atoms with van der Waals surface area (Å²) in [5.41, 5.74) is 2.56.